The molecule has 3 heterocycles. The lowest BCUT2D eigenvalue weighted by Gasteiger charge is -2.63. The monoisotopic (exact) mass is 1590 g/mol. The van der Waals surface area contributed by atoms with Crippen LogP contribution in [0.5, 0.6) is 0 Å². The summed E-state index contributed by atoms with van der Waals surface area (Å²) in [5, 5.41) is 65.2. The lowest BCUT2D eigenvalue weighted by molar-refractivity contribution is -0.226. The van der Waals surface area contributed by atoms with Crippen LogP contribution in [0.25, 0.3) is 5.57 Å². The first-order valence-corrected chi connectivity index (χ1v) is 42.3. The molecular formula is C88H107F4NO17S2. The molecule has 11 fully saturated rings. The summed E-state index contributed by atoms with van der Waals surface area (Å²) in [6, 6.07) is 9.57. The molecule has 2 aromatic rings. The highest BCUT2D eigenvalue weighted by molar-refractivity contribution is 8.13. The number of esters is 1. The second-order valence-electron chi connectivity index (χ2n) is 35.4. The minimum Gasteiger partial charge on any atom is -0.449 e. The number of carbonyl (C=O) groups excluding carboxylic acids is 8. The number of carbonyl (C=O) groups is 8. The number of aliphatic hydroxyl groups is 6. The lowest BCUT2D eigenvalue weighted by Crippen LogP contribution is -2.70. The van der Waals surface area contributed by atoms with Crippen molar-refractivity contribution in [2.24, 2.45) is 80.8 Å². The van der Waals surface area contributed by atoms with E-state index in [1.165, 1.54) is 59.1 Å². The van der Waals surface area contributed by atoms with E-state index in [2.05, 4.69) is 55.4 Å². The number of ketones is 6. The Balaban J connectivity index is 0.000000125. The Morgan fingerprint density at radius 1 is 0.714 bits per heavy atom. The molecule has 2 aliphatic heterocycles. The largest absolute Gasteiger partial charge is 0.449 e. The normalized spacial score (nSPS) is 42.8. The van der Waals surface area contributed by atoms with E-state index in [1.54, 1.807) is 57.3 Å². The summed E-state index contributed by atoms with van der Waals surface area (Å²) in [5.41, 5.74) is -4.68. The van der Waals surface area contributed by atoms with Crippen molar-refractivity contribution in [3.05, 3.63) is 134 Å². The third kappa shape index (κ3) is 12.5. The Hall–Kier alpha value is -6.03. The van der Waals surface area contributed by atoms with Crippen LogP contribution < -0.4 is 0 Å². The van der Waals surface area contributed by atoms with Gasteiger partial charge in [-0.25, -0.2) is 17.6 Å². The number of ether oxygens (including phenoxy) is 3. The van der Waals surface area contributed by atoms with Crippen LogP contribution in [0.15, 0.2) is 113 Å². The zero-order valence-electron chi connectivity index (χ0n) is 65.1. The average Bonchev–Trinajstić information content (AvgIpc) is 1.35. The highest BCUT2D eigenvalue weighted by atomic mass is 32.2. The molecule has 112 heavy (non-hydrogen) atoms. The maximum atomic E-state index is 17.1. The van der Waals surface area contributed by atoms with Crippen LogP contribution in [-0.4, -0.2) is 186 Å². The zero-order valence-corrected chi connectivity index (χ0v) is 66.7. The Bertz CT molecular complexity index is 4380. The van der Waals surface area contributed by atoms with E-state index < -0.39 is 147 Å². The highest BCUT2D eigenvalue weighted by Crippen LogP contribution is 2.73. The van der Waals surface area contributed by atoms with Gasteiger partial charge < -0.3 is 49.7 Å². The number of halogens is 4. The molecule has 1 aromatic carbocycles. The number of aliphatic hydroxyl groups excluding tert-OH is 5. The van der Waals surface area contributed by atoms with Crippen LogP contribution in [0, 0.1) is 80.8 Å². The summed E-state index contributed by atoms with van der Waals surface area (Å²) in [6.07, 6.45) is 16.0. The van der Waals surface area contributed by atoms with Crippen LogP contribution in [0.3, 0.4) is 0 Å². The smallest absolute Gasteiger partial charge is 0.306 e. The fourth-order valence-corrected chi connectivity index (χ4v) is 26.6. The molecule has 24 heteroatoms. The van der Waals surface area contributed by atoms with Crippen molar-refractivity contribution in [3.8, 4) is 0 Å². The summed E-state index contributed by atoms with van der Waals surface area (Å²) in [5.74, 6) is -4.95. The number of nitrogens with zero attached hydrogens (tertiary/aromatic N) is 1. The van der Waals surface area contributed by atoms with Gasteiger partial charge in [-0.05, 0) is 229 Å². The molecule has 0 bridgehead atoms. The van der Waals surface area contributed by atoms with E-state index in [-0.39, 0.29) is 108 Å². The topological polar surface area (TPSA) is 289 Å². The van der Waals surface area contributed by atoms with Crippen molar-refractivity contribution in [2.75, 3.05) is 39.4 Å². The molecule has 9 saturated carbocycles. The van der Waals surface area contributed by atoms with E-state index in [0.717, 1.165) is 68.1 Å². The van der Waals surface area contributed by atoms with E-state index in [9.17, 15) is 73.4 Å². The van der Waals surface area contributed by atoms with Gasteiger partial charge in [0.1, 0.15) is 31.0 Å². The van der Waals surface area contributed by atoms with Crippen LogP contribution >= 0.6 is 23.1 Å². The molecule has 17 rings (SSSR count). The molecule has 15 aliphatic rings. The molecule has 0 spiro atoms. The van der Waals surface area contributed by atoms with Crippen molar-refractivity contribution < 1.29 is 101 Å². The third-order valence-electron chi connectivity index (χ3n) is 30.5. The van der Waals surface area contributed by atoms with Gasteiger partial charge in [0, 0.05) is 82.7 Å². The van der Waals surface area contributed by atoms with Crippen molar-refractivity contribution in [1.29, 1.82) is 0 Å². The van der Waals surface area contributed by atoms with Crippen LogP contribution in [0.2, 0.25) is 0 Å². The number of benzene rings is 1. The molecule has 6 N–H and O–H groups in total. The second-order valence-corrected chi connectivity index (χ2v) is 37.2. The average molecular weight is 1590 g/mol. The van der Waals surface area contributed by atoms with Crippen LogP contribution in [0.4, 0.5) is 17.6 Å². The number of hydrogen-bond donors (Lipinski definition) is 6. The van der Waals surface area contributed by atoms with Gasteiger partial charge in [-0.15, -0.1) is 11.3 Å². The standard InChI is InChI=1S/C24H29F3O5S.C24H32O6.C21H27FO5.C19H19NOS/c1-4-19(30)32-23(20(31)33-12-25)8-6-14-15-10-17(26)16-9-13(28)5-7-21(16,2)24(15,27)18(29)11-22(14,23)3;1-3-4-21-29-20-10-16-15-6-5-13-9-14(26)7-8-23(13,2)22(15)18(27)11-17(16)24(20,30-21)19(28)12-25;1-11-7-14-15-4-3-12-8-13(24)5-6-19(12,2)21(15,22)17(25)9-16(14)20(11,27)18(26)10-23;1-20-9-6-13(7-10-20)18-15-5-3-2-4-14(15)12-17(21)19-16(18)8-11-22-19/h5,7,9,14-15,17-18,29H,4,6,8,10-12H2,1-3H3;7-9,15-18,20-22,25,27H,3-6,10-12H2,1-2H3;5-6,8,11,14-17,23,25,27H,3-4,7,9-10H2,1-2H3;2-5,8,11H,6-7,9-10,12H2,1H3/t14-,15-,17-,18-,21-,22-,23-,24-;15-,16-,17?,18-,20+,21?,22+,23-,24?;11-,14+,15+,16?,17+,19+,20-,21+;/m001./s1. The maximum absolute atomic E-state index is 17.1. The van der Waals surface area contributed by atoms with Gasteiger partial charge in [-0.1, -0.05) is 100 Å². The SMILES string of the molecule is CCC(=O)O[C@]1(C(=O)SCF)CC[C@H]2[C@@H]3C[C@H](F)C4=CC(=O)C=C[C@]4(C)[C@@]3(F)[C@@H](O)C[C@@]21C.CCCC1O[C@@H]2C[C@@H]3C(C[C@H](O)[C@H]4[C@H]3CCC3=CC(=O)C=C[C@@]34C)C2(C(=O)CO)O1.CN1CCC(=C2c3ccccc3CC(=O)c3sccc32)CC1.C[C@@H]1C[C@@H]2C(C[C@H](O)[C@@]3(F)[C@H]2CCC2=CC(=O)C=C[C@@]23C)[C@@]1(O)C(=O)CO. The molecule has 25 atom stereocenters. The Morgan fingerprint density at radius 3 is 2.06 bits per heavy atom. The summed E-state index contributed by atoms with van der Waals surface area (Å²) in [6.45, 7) is 13.3. The van der Waals surface area contributed by atoms with E-state index in [1.807, 2.05) is 12.1 Å². The number of allylic oxidation sites excluding steroid dienone is 12. The second kappa shape index (κ2) is 30.5. The molecule has 18 nitrogen and oxygen atoms in total. The van der Waals surface area contributed by atoms with Gasteiger partial charge in [0.2, 0.25) is 5.12 Å². The van der Waals surface area contributed by atoms with E-state index >= 15 is 13.2 Å². The third-order valence-corrected chi connectivity index (χ3v) is 32.2. The van der Waals surface area contributed by atoms with Crippen molar-refractivity contribution in [1.82, 2.24) is 4.90 Å². The number of rotatable bonds is 10. The minimum atomic E-state index is -2.29. The van der Waals surface area contributed by atoms with Gasteiger partial charge in [-0.2, -0.15) is 0 Å². The van der Waals surface area contributed by atoms with Gasteiger partial charge >= 0.3 is 5.97 Å². The summed E-state index contributed by atoms with van der Waals surface area (Å²) >= 11 is 1.98. The predicted molar refractivity (Wildman–Crippen MR) is 411 cm³/mol. The minimum absolute atomic E-state index is 0.00724. The Labute approximate surface area is 660 Å². The lowest BCUT2D eigenvalue weighted by atomic mass is 9.44. The summed E-state index contributed by atoms with van der Waals surface area (Å²) < 4.78 is 80.5. The molecule has 4 unspecified atom stereocenters. The van der Waals surface area contributed by atoms with E-state index in [0.29, 0.717) is 55.9 Å². The molecule has 13 aliphatic carbocycles. The number of hydrogen-bond acceptors (Lipinski definition) is 20. The van der Waals surface area contributed by atoms with Crippen molar-refractivity contribution >= 4 is 74.5 Å². The fourth-order valence-electron chi connectivity index (χ4n) is 25.0. The number of likely N-dealkylation sites (tertiary alicyclic amines) is 1. The first kappa shape index (κ1) is 82.5. The molecule has 0 amide bonds. The number of thioether (sulfide) groups is 1. The maximum Gasteiger partial charge on any atom is 0.306 e. The molecule has 0 radical (unpaired) electrons. The Morgan fingerprint density at radius 2 is 1.38 bits per heavy atom. The van der Waals surface area contributed by atoms with Gasteiger partial charge in [0.05, 0.1) is 29.3 Å². The predicted octanol–water partition coefficient (Wildman–Crippen LogP) is 12.0. The molecule has 606 valence electrons. The summed E-state index contributed by atoms with van der Waals surface area (Å²) in [7, 11) is 2.18. The van der Waals surface area contributed by atoms with Gasteiger partial charge in [-0.3, -0.25) is 38.4 Å². The highest BCUT2D eigenvalue weighted by Gasteiger charge is 2.78. The number of piperidine rings is 1. The van der Waals surface area contributed by atoms with Crippen molar-refractivity contribution in [2.45, 2.75) is 229 Å². The number of thiophene rings is 1. The first-order valence-electron chi connectivity index (χ1n) is 40.4. The molecular weight excluding hydrogens is 1480 g/mol. The van der Waals surface area contributed by atoms with E-state index in [4.69, 9.17) is 14.2 Å². The fraction of sp³-hybridized carbons (Fsp3) is 0.636. The molecule has 1 aromatic heterocycles. The number of Topliss-reactive ketones (excluding diaryl/α,β-unsaturated/α-hetero) is 3. The van der Waals surface area contributed by atoms with Crippen LogP contribution in [-0.2, 0) is 54.2 Å². The Kier molecular flexibility index (Phi) is 22.4. The number of alkyl halides is 4. The quantitative estimate of drug-likeness (QED) is 0.0952. The van der Waals surface area contributed by atoms with Gasteiger partial charge in [0.25, 0.3) is 0 Å². The summed E-state index contributed by atoms with van der Waals surface area (Å²) in [4.78, 5) is 102. The zero-order chi connectivity index (χ0) is 80.5. The van der Waals surface area contributed by atoms with Crippen molar-refractivity contribution in [3.63, 3.8) is 0 Å². The van der Waals surface area contributed by atoms with Crippen LogP contribution in [0.1, 0.15) is 184 Å². The molecule has 2 saturated heterocycles. The first-order chi connectivity index (χ1) is 53.1. The van der Waals surface area contributed by atoms with Gasteiger partial charge in [0.15, 0.2) is 63.5 Å². The number of fused-ring (bicyclic) bond motifs is 19.